The van der Waals surface area contributed by atoms with Crippen molar-refractivity contribution in [2.75, 3.05) is 7.11 Å². The molecule has 6 nitrogen and oxygen atoms in total. The summed E-state index contributed by atoms with van der Waals surface area (Å²) in [6, 6.07) is 21.3. The lowest BCUT2D eigenvalue weighted by atomic mass is 9.99. The van der Waals surface area contributed by atoms with Crippen molar-refractivity contribution in [2.45, 2.75) is 19.0 Å². The third-order valence-corrected chi connectivity index (χ3v) is 5.85. The van der Waals surface area contributed by atoms with Crippen LogP contribution in [0.1, 0.15) is 33.1 Å². The van der Waals surface area contributed by atoms with Gasteiger partial charge < -0.3 is 10.1 Å². The second-order valence-corrected chi connectivity index (χ2v) is 8.52. The summed E-state index contributed by atoms with van der Waals surface area (Å²) in [6.07, 6.45) is 1.86. The highest BCUT2D eigenvalue weighted by atomic mass is 79.9. The molecule has 1 fully saturated rings. The van der Waals surface area contributed by atoms with E-state index in [9.17, 15) is 9.59 Å². The Labute approximate surface area is 195 Å². The molecule has 1 heterocycles. The van der Waals surface area contributed by atoms with Gasteiger partial charge in [0.1, 0.15) is 5.75 Å². The molecular formula is C25H23BrN3O3+. The van der Waals surface area contributed by atoms with E-state index < -0.39 is 12.1 Å². The summed E-state index contributed by atoms with van der Waals surface area (Å²) in [4.78, 5) is 25.9. The van der Waals surface area contributed by atoms with Crippen LogP contribution in [0, 0.1) is 6.92 Å². The van der Waals surface area contributed by atoms with E-state index in [0.29, 0.717) is 5.56 Å². The van der Waals surface area contributed by atoms with E-state index in [2.05, 4.69) is 26.7 Å². The van der Waals surface area contributed by atoms with Crippen molar-refractivity contribution in [1.29, 1.82) is 0 Å². The van der Waals surface area contributed by atoms with E-state index in [1.54, 1.807) is 23.9 Å². The first-order chi connectivity index (χ1) is 15.4. The minimum absolute atomic E-state index is 0.278. The van der Waals surface area contributed by atoms with Crippen molar-refractivity contribution in [3.63, 3.8) is 0 Å². The molecule has 1 aliphatic heterocycles. The van der Waals surface area contributed by atoms with Gasteiger partial charge in [0.2, 0.25) is 12.3 Å². The first-order valence-electron chi connectivity index (χ1n) is 10.2. The maximum absolute atomic E-state index is 12.9. The predicted molar refractivity (Wildman–Crippen MR) is 126 cm³/mol. The fourth-order valence-electron chi connectivity index (χ4n) is 3.70. The number of amides is 2. The highest BCUT2D eigenvalue weighted by Gasteiger charge is 2.47. The molecule has 32 heavy (non-hydrogen) atoms. The zero-order valence-electron chi connectivity index (χ0n) is 17.7. The van der Waals surface area contributed by atoms with E-state index in [1.807, 2.05) is 73.8 Å². The summed E-state index contributed by atoms with van der Waals surface area (Å²) in [6.45, 7) is 1.92. The Hall–Kier alpha value is -3.45. The average Bonchev–Trinajstić information content (AvgIpc) is 3.09. The number of aryl methyl sites for hydroxylation is 1. The number of rotatable bonds is 5. The maximum Gasteiger partial charge on any atom is 0.304 e. The number of ether oxygens (including phenoxy) is 1. The molecule has 3 aromatic carbocycles. The first kappa shape index (κ1) is 21.8. The highest BCUT2D eigenvalue weighted by molar-refractivity contribution is 9.10. The summed E-state index contributed by atoms with van der Waals surface area (Å²) in [5.74, 6) is 0.146. The average molecular weight is 493 g/mol. The summed E-state index contributed by atoms with van der Waals surface area (Å²) < 4.78 is 7.98. The summed E-state index contributed by atoms with van der Waals surface area (Å²) >= 11 is 3.44. The topological polar surface area (TPSA) is 70.4 Å². The number of benzene rings is 3. The van der Waals surface area contributed by atoms with E-state index in [1.165, 1.54) is 0 Å². The van der Waals surface area contributed by atoms with Crippen LogP contribution in [0.3, 0.4) is 0 Å². The van der Waals surface area contributed by atoms with Crippen molar-refractivity contribution < 1.29 is 19.0 Å². The number of hydrogen-bond acceptors (Lipinski definition) is 3. The monoisotopic (exact) mass is 492 g/mol. The van der Waals surface area contributed by atoms with Crippen LogP contribution in [0.4, 0.5) is 0 Å². The summed E-state index contributed by atoms with van der Waals surface area (Å²) in [5.41, 5.74) is 6.17. The van der Waals surface area contributed by atoms with Crippen LogP contribution < -0.4 is 15.5 Å². The molecule has 7 heteroatoms. The number of hydrazone groups is 1. The Morgan fingerprint density at radius 2 is 1.81 bits per heavy atom. The molecule has 1 saturated heterocycles. The van der Waals surface area contributed by atoms with Crippen LogP contribution in [-0.2, 0) is 4.79 Å². The van der Waals surface area contributed by atoms with Gasteiger partial charge in [-0.05, 0) is 67.6 Å². The molecular weight excluding hydrogens is 470 g/mol. The SMILES string of the molecule is COc1ccc([C@@H]2[C@@H](NC(=O)c3cccc(C)c3)C(=O)N/[N+]2=C\c2ccc(Br)cc2)cc1. The zero-order chi connectivity index (χ0) is 22.7. The van der Waals surface area contributed by atoms with Gasteiger partial charge in [-0.2, -0.15) is 0 Å². The smallest absolute Gasteiger partial charge is 0.304 e. The Bertz CT molecular complexity index is 1170. The van der Waals surface area contributed by atoms with E-state index in [4.69, 9.17) is 4.74 Å². The quantitative estimate of drug-likeness (QED) is 0.532. The molecule has 0 bridgehead atoms. The van der Waals surface area contributed by atoms with Gasteiger partial charge in [-0.3, -0.25) is 9.59 Å². The number of halogens is 1. The number of nitrogens with one attached hydrogen (secondary N) is 2. The second kappa shape index (κ2) is 9.36. The number of carbonyl (C=O) groups is 2. The molecule has 0 radical (unpaired) electrons. The minimum atomic E-state index is -0.775. The van der Waals surface area contributed by atoms with Crippen molar-refractivity contribution in [1.82, 2.24) is 10.7 Å². The van der Waals surface area contributed by atoms with Gasteiger partial charge in [-0.1, -0.05) is 33.6 Å². The molecule has 2 atom stereocenters. The zero-order valence-corrected chi connectivity index (χ0v) is 19.3. The highest BCUT2D eigenvalue weighted by Crippen LogP contribution is 2.27. The molecule has 0 saturated carbocycles. The third kappa shape index (κ3) is 4.73. The number of hydrogen-bond donors (Lipinski definition) is 2. The van der Waals surface area contributed by atoms with Crippen LogP contribution in [-0.4, -0.2) is 35.9 Å². The number of nitrogens with zero attached hydrogens (tertiary/aromatic N) is 1. The maximum atomic E-state index is 12.9. The van der Waals surface area contributed by atoms with Crippen molar-refractivity contribution in [3.8, 4) is 5.75 Å². The Morgan fingerprint density at radius 1 is 1.09 bits per heavy atom. The van der Waals surface area contributed by atoms with Crippen molar-refractivity contribution >= 4 is 34.0 Å². The molecule has 162 valence electrons. The summed E-state index contributed by atoms with van der Waals surface area (Å²) in [7, 11) is 1.61. The lowest BCUT2D eigenvalue weighted by Gasteiger charge is -2.15. The number of methoxy groups -OCH3 is 1. The van der Waals surface area contributed by atoms with Gasteiger partial charge in [0, 0.05) is 21.2 Å². The predicted octanol–water partition coefficient (Wildman–Crippen LogP) is 3.78. The second-order valence-electron chi connectivity index (χ2n) is 7.60. The fourth-order valence-corrected chi connectivity index (χ4v) is 3.97. The van der Waals surface area contributed by atoms with Gasteiger partial charge in [-0.15, -0.1) is 10.1 Å². The third-order valence-electron chi connectivity index (χ3n) is 5.32. The Kier molecular flexibility index (Phi) is 6.37. The molecule has 2 N–H and O–H groups in total. The molecule has 1 aliphatic rings. The lowest BCUT2D eigenvalue weighted by Crippen LogP contribution is -2.42. The molecule has 0 aromatic heterocycles. The van der Waals surface area contributed by atoms with Gasteiger partial charge in [0.25, 0.3) is 5.91 Å². The molecule has 0 spiro atoms. The minimum Gasteiger partial charge on any atom is -0.497 e. The molecule has 0 aliphatic carbocycles. The van der Waals surface area contributed by atoms with Gasteiger partial charge in [0.15, 0.2) is 6.04 Å². The molecule has 2 amide bonds. The molecule has 3 aromatic rings. The van der Waals surface area contributed by atoms with E-state index in [-0.39, 0.29) is 11.8 Å². The van der Waals surface area contributed by atoms with Gasteiger partial charge in [-0.25, -0.2) is 0 Å². The standard InChI is InChI=1S/C25H22BrN3O3/c1-16-4-3-5-19(14-16)24(30)27-22-23(18-8-12-21(32-2)13-9-18)29(28-25(22)31)15-17-6-10-20(26)11-7-17/h3-15,22-23H,1-2H3,(H-,27,28,30,31)/p+1/b29-15-/t22-,23-/m1/s1. The van der Waals surface area contributed by atoms with Crippen LogP contribution >= 0.6 is 15.9 Å². The van der Waals surface area contributed by atoms with Crippen LogP contribution in [0.15, 0.2) is 77.3 Å². The van der Waals surface area contributed by atoms with Crippen LogP contribution in [0.2, 0.25) is 0 Å². The van der Waals surface area contributed by atoms with Crippen LogP contribution in [0.25, 0.3) is 0 Å². The lowest BCUT2D eigenvalue weighted by molar-refractivity contribution is -0.596. The molecule has 0 unspecified atom stereocenters. The Balaban J connectivity index is 1.70. The summed E-state index contributed by atoms with van der Waals surface area (Å²) in [5, 5.41) is 2.92. The van der Waals surface area contributed by atoms with E-state index in [0.717, 1.165) is 26.9 Å². The number of carbonyl (C=O) groups excluding carboxylic acids is 2. The van der Waals surface area contributed by atoms with Crippen LogP contribution in [0.5, 0.6) is 5.75 Å². The van der Waals surface area contributed by atoms with Crippen molar-refractivity contribution in [3.05, 3.63) is 99.5 Å². The normalized spacial score (nSPS) is 19.0. The van der Waals surface area contributed by atoms with E-state index >= 15 is 0 Å². The van der Waals surface area contributed by atoms with Crippen molar-refractivity contribution in [2.24, 2.45) is 0 Å². The first-order valence-corrected chi connectivity index (χ1v) is 10.9. The largest absolute Gasteiger partial charge is 0.497 e. The fraction of sp³-hybridized carbons (Fsp3) is 0.160. The molecule has 4 rings (SSSR count). The van der Waals surface area contributed by atoms with Gasteiger partial charge >= 0.3 is 5.91 Å². The number of hydrazine groups is 1. The van der Waals surface area contributed by atoms with Gasteiger partial charge in [0.05, 0.1) is 7.11 Å². The Morgan fingerprint density at radius 3 is 2.47 bits per heavy atom.